The number of rotatable bonds is 5. The number of sulfonamides is 1. The van der Waals surface area contributed by atoms with Gasteiger partial charge in [0.05, 0.1) is 4.90 Å². The smallest absolute Gasteiger partial charge is 0.243 e. The Kier molecular flexibility index (Phi) is 5.59. The molecule has 2 aliphatic rings. The Morgan fingerprint density at radius 2 is 1.80 bits per heavy atom. The van der Waals surface area contributed by atoms with Gasteiger partial charge in [-0.15, -0.1) is 0 Å². The Morgan fingerprint density at radius 1 is 1.10 bits per heavy atom. The zero-order valence-electron chi connectivity index (χ0n) is 17.8. The van der Waals surface area contributed by atoms with Gasteiger partial charge in [0, 0.05) is 51.0 Å². The molecule has 0 aliphatic carbocycles. The first-order valence-electron chi connectivity index (χ1n) is 10.5. The number of benzene rings is 2. The number of fused-ring (bicyclic) bond motifs is 1. The van der Waals surface area contributed by atoms with Crippen molar-refractivity contribution in [1.82, 2.24) is 4.31 Å². The molecule has 0 radical (unpaired) electrons. The van der Waals surface area contributed by atoms with E-state index in [1.807, 2.05) is 25.1 Å². The van der Waals surface area contributed by atoms with Gasteiger partial charge in [-0.05, 0) is 61.6 Å². The molecule has 0 N–H and O–H groups in total. The topological polar surface area (TPSA) is 60.9 Å². The van der Waals surface area contributed by atoms with E-state index in [4.69, 9.17) is 0 Å². The van der Waals surface area contributed by atoms with Crippen molar-refractivity contribution >= 4 is 27.3 Å². The van der Waals surface area contributed by atoms with Crippen molar-refractivity contribution in [2.24, 2.45) is 0 Å². The van der Waals surface area contributed by atoms with E-state index in [1.54, 1.807) is 37.1 Å². The van der Waals surface area contributed by atoms with Crippen molar-refractivity contribution in [3.05, 3.63) is 53.6 Å². The minimum absolute atomic E-state index is 0.0208. The molecule has 1 amide bonds. The van der Waals surface area contributed by atoms with Crippen LogP contribution in [-0.4, -0.2) is 44.8 Å². The zero-order valence-corrected chi connectivity index (χ0v) is 18.7. The van der Waals surface area contributed by atoms with Gasteiger partial charge in [-0.3, -0.25) is 4.79 Å². The summed E-state index contributed by atoms with van der Waals surface area (Å²) in [6, 6.07) is 13.2. The molecule has 7 heteroatoms. The first-order chi connectivity index (χ1) is 14.3. The minimum Gasteiger partial charge on any atom is -0.371 e. The number of para-hydroxylation sites is 1. The van der Waals surface area contributed by atoms with E-state index >= 15 is 0 Å². The highest BCUT2D eigenvalue weighted by Crippen LogP contribution is 2.35. The highest BCUT2D eigenvalue weighted by Gasteiger charge is 2.31. The maximum atomic E-state index is 13.3. The van der Waals surface area contributed by atoms with Crippen molar-refractivity contribution in [2.75, 3.05) is 29.9 Å². The molecule has 2 aromatic carbocycles. The van der Waals surface area contributed by atoms with E-state index in [9.17, 15) is 13.2 Å². The SMILES string of the molecule is CC(=O)N1c2ccc(S(=O)(=O)N(C)Cc3ccccc3N3CCCC3)cc2CC1C. The third-order valence-electron chi connectivity index (χ3n) is 6.15. The summed E-state index contributed by atoms with van der Waals surface area (Å²) in [7, 11) is -2.01. The monoisotopic (exact) mass is 427 g/mol. The fourth-order valence-corrected chi connectivity index (χ4v) is 5.86. The molecule has 6 nitrogen and oxygen atoms in total. The van der Waals surface area contributed by atoms with Crippen LogP contribution in [0.25, 0.3) is 0 Å². The highest BCUT2D eigenvalue weighted by molar-refractivity contribution is 7.89. The molecule has 1 unspecified atom stereocenters. The van der Waals surface area contributed by atoms with Crippen LogP contribution in [0.5, 0.6) is 0 Å². The van der Waals surface area contributed by atoms with Gasteiger partial charge in [-0.1, -0.05) is 18.2 Å². The van der Waals surface area contributed by atoms with Gasteiger partial charge in [0.2, 0.25) is 15.9 Å². The Hall–Kier alpha value is -2.38. The Morgan fingerprint density at radius 3 is 2.50 bits per heavy atom. The van der Waals surface area contributed by atoms with E-state index in [2.05, 4.69) is 11.0 Å². The van der Waals surface area contributed by atoms with E-state index in [1.165, 1.54) is 17.1 Å². The quantitative estimate of drug-likeness (QED) is 0.734. The minimum atomic E-state index is -3.64. The van der Waals surface area contributed by atoms with Crippen molar-refractivity contribution < 1.29 is 13.2 Å². The molecule has 1 saturated heterocycles. The van der Waals surface area contributed by atoms with Crippen LogP contribution in [0.2, 0.25) is 0 Å². The second-order valence-electron chi connectivity index (χ2n) is 8.32. The molecular formula is C23H29N3O3S. The van der Waals surface area contributed by atoms with Crippen LogP contribution in [0.3, 0.4) is 0 Å². The molecule has 2 aromatic rings. The molecule has 2 heterocycles. The van der Waals surface area contributed by atoms with Crippen molar-refractivity contribution in [2.45, 2.75) is 50.6 Å². The molecular weight excluding hydrogens is 398 g/mol. The lowest BCUT2D eigenvalue weighted by Crippen LogP contribution is -2.33. The summed E-state index contributed by atoms with van der Waals surface area (Å²) in [5.74, 6) is -0.0208. The van der Waals surface area contributed by atoms with Gasteiger partial charge < -0.3 is 9.80 Å². The predicted octanol–water partition coefficient (Wildman–Crippen LogP) is 3.41. The summed E-state index contributed by atoms with van der Waals surface area (Å²) in [6.45, 7) is 5.88. The summed E-state index contributed by atoms with van der Waals surface area (Å²) in [5, 5.41) is 0. The summed E-state index contributed by atoms with van der Waals surface area (Å²) in [6.07, 6.45) is 3.01. The molecule has 0 spiro atoms. The molecule has 1 fully saturated rings. The number of hydrogen-bond acceptors (Lipinski definition) is 4. The number of carbonyl (C=O) groups is 1. The predicted molar refractivity (Wildman–Crippen MR) is 119 cm³/mol. The summed E-state index contributed by atoms with van der Waals surface area (Å²) in [5.41, 5.74) is 3.86. The molecule has 30 heavy (non-hydrogen) atoms. The summed E-state index contributed by atoms with van der Waals surface area (Å²) >= 11 is 0. The van der Waals surface area contributed by atoms with Crippen LogP contribution in [0, 0.1) is 0 Å². The maximum Gasteiger partial charge on any atom is 0.243 e. The largest absolute Gasteiger partial charge is 0.371 e. The van der Waals surface area contributed by atoms with E-state index in [-0.39, 0.29) is 16.8 Å². The Bertz CT molecular complexity index is 1060. The third kappa shape index (κ3) is 3.72. The van der Waals surface area contributed by atoms with Gasteiger partial charge in [-0.25, -0.2) is 8.42 Å². The van der Waals surface area contributed by atoms with Crippen molar-refractivity contribution in [1.29, 1.82) is 0 Å². The van der Waals surface area contributed by atoms with E-state index < -0.39 is 10.0 Å². The average Bonchev–Trinajstić information content (AvgIpc) is 3.34. The summed E-state index contributed by atoms with van der Waals surface area (Å²) in [4.78, 5) is 16.3. The normalized spacial score (nSPS) is 18.9. The van der Waals surface area contributed by atoms with E-state index in [0.717, 1.165) is 35.6 Å². The Labute approximate surface area is 179 Å². The molecule has 1 atom stereocenters. The van der Waals surface area contributed by atoms with Crippen molar-refractivity contribution in [3.63, 3.8) is 0 Å². The molecule has 4 rings (SSSR count). The third-order valence-corrected chi connectivity index (χ3v) is 7.94. The fourth-order valence-electron chi connectivity index (χ4n) is 4.66. The Balaban J connectivity index is 1.59. The van der Waals surface area contributed by atoms with E-state index in [0.29, 0.717) is 13.0 Å². The first-order valence-corrected chi connectivity index (χ1v) is 11.9. The lowest BCUT2D eigenvalue weighted by atomic mass is 10.1. The van der Waals surface area contributed by atoms with Gasteiger partial charge >= 0.3 is 0 Å². The van der Waals surface area contributed by atoms with Gasteiger partial charge in [-0.2, -0.15) is 4.31 Å². The number of anilines is 2. The van der Waals surface area contributed by atoms with Crippen LogP contribution in [0.15, 0.2) is 47.4 Å². The molecule has 160 valence electrons. The fraction of sp³-hybridized carbons (Fsp3) is 0.435. The van der Waals surface area contributed by atoms with Gasteiger partial charge in [0.15, 0.2) is 0 Å². The maximum absolute atomic E-state index is 13.3. The summed E-state index contributed by atoms with van der Waals surface area (Å²) < 4.78 is 28.0. The van der Waals surface area contributed by atoms with Crippen LogP contribution >= 0.6 is 0 Å². The first kappa shape index (κ1) is 20.9. The average molecular weight is 428 g/mol. The zero-order chi connectivity index (χ0) is 21.5. The van der Waals surface area contributed by atoms with Gasteiger partial charge in [0.25, 0.3) is 0 Å². The second kappa shape index (κ2) is 8.04. The van der Waals surface area contributed by atoms with Crippen LogP contribution in [-0.2, 0) is 27.8 Å². The number of hydrogen-bond donors (Lipinski definition) is 0. The van der Waals surface area contributed by atoms with Crippen LogP contribution in [0.1, 0.15) is 37.8 Å². The lowest BCUT2D eigenvalue weighted by molar-refractivity contribution is -0.116. The molecule has 0 bridgehead atoms. The highest BCUT2D eigenvalue weighted by atomic mass is 32.2. The lowest BCUT2D eigenvalue weighted by Gasteiger charge is -2.24. The number of carbonyl (C=O) groups excluding carboxylic acids is 1. The van der Waals surface area contributed by atoms with Crippen LogP contribution in [0.4, 0.5) is 11.4 Å². The van der Waals surface area contributed by atoms with Crippen molar-refractivity contribution in [3.8, 4) is 0 Å². The molecule has 0 saturated carbocycles. The van der Waals surface area contributed by atoms with Crippen LogP contribution < -0.4 is 9.80 Å². The molecule has 2 aliphatic heterocycles. The standard InChI is InChI=1S/C23H29N3O3S/c1-17-14-20-15-21(10-11-23(20)26(17)18(2)27)30(28,29)24(3)16-19-8-4-5-9-22(19)25-12-6-7-13-25/h4-5,8-11,15,17H,6-7,12-14,16H2,1-3H3. The molecule has 0 aromatic heterocycles. The second-order valence-corrected chi connectivity index (χ2v) is 10.4. The number of nitrogens with zero attached hydrogens (tertiary/aromatic N) is 3. The number of amides is 1. The van der Waals surface area contributed by atoms with Gasteiger partial charge in [0.1, 0.15) is 0 Å².